The number of benzene rings is 1. The van der Waals surface area contributed by atoms with Crippen LogP contribution in [0.2, 0.25) is 0 Å². The van der Waals surface area contributed by atoms with Crippen LogP contribution in [0.4, 0.5) is 0 Å². The summed E-state index contributed by atoms with van der Waals surface area (Å²) in [6.45, 7) is 0.869. The monoisotopic (exact) mass is 351 g/mol. The zero-order chi connectivity index (χ0) is 18.1. The van der Waals surface area contributed by atoms with Crippen molar-refractivity contribution in [2.24, 2.45) is 5.11 Å². The second kappa shape index (κ2) is 10.4. The smallest absolute Gasteiger partial charge is 0.115 e. The van der Waals surface area contributed by atoms with Crippen LogP contribution >= 0.6 is 0 Å². The molecular weight excluding hydrogens is 326 g/mol. The van der Waals surface area contributed by atoms with E-state index in [1.165, 1.54) is 0 Å². The van der Waals surface area contributed by atoms with Gasteiger partial charge in [0.1, 0.15) is 24.4 Å². The second-order valence-electron chi connectivity index (χ2n) is 5.86. The highest BCUT2D eigenvalue weighted by molar-refractivity contribution is 5.13. The molecule has 1 aromatic carbocycles. The molecule has 25 heavy (non-hydrogen) atoms. The molecule has 2 rings (SSSR count). The number of nitrogens with zero attached hydrogens (tertiary/aromatic N) is 3. The average Bonchev–Trinajstić information content (AvgIpc) is 2.64. The molecule has 0 spiro atoms. The minimum atomic E-state index is -0.885. The lowest BCUT2D eigenvalue weighted by Crippen LogP contribution is -2.60. The van der Waals surface area contributed by atoms with Crippen LogP contribution in [0, 0.1) is 0 Å². The van der Waals surface area contributed by atoms with Crippen LogP contribution < -0.4 is 0 Å². The van der Waals surface area contributed by atoms with Gasteiger partial charge in [-0.2, -0.15) is 0 Å². The van der Waals surface area contributed by atoms with E-state index in [1.807, 2.05) is 30.3 Å². The van der Waals surface area contributed by atoms with E-state index in [1.54, 1.807) is 14.2 Å². The average molecular weight is 351 g/mol. The Labute approximate surface area is 147 Å². The normalized spacial score (nSPS) is 29.2. The lowest BCUT2D eigenvalue weighted by Gasteiger charge is -2.44. The van der Waals surface area contributed by atoms with E-state index in [-0.39, 0.29) is 19.3 Å². The van der Waals surface area contributed by atoms with Gasteiger partial charge in [-0.1, -0.05) is 35.4 Å². The van der Waals surface area contributed by atoms with Gasteiger partial charge in [-0.15, -0.1) is 0 Å². The van der Waals surface area contributed by atoms with Crippen LogP contribution in [0.5, 0.6) is 0 Å². The van der Waals surface area contributed by atoms with Crippen LogP contribution in [0.15, 0.2) is 35.4 Å². The fourth-order valence-electron chi connectivity index (χ4n) is 3.01. The number of aliphatic hydroxyl groups is 1. The molecule has 1 heterocycles. The predicted molar refractivity (Wildman–Crippen MR) is 91.0 cm³/mol. The van der Waals surface area contributed by atoms with Crippen LogP contribution in [-0.4, -0.2) is 63.0 Å². The van der Waals surface area contributed by atoms with Crippen molar-refractivity contribution in [3.8, 4) is 0 Å². The third-order valence-corrected chi connectivity index (χ3v) is 4.22. The first-order chi connectivity index (χ1) is 12.2. The standard InChI is InChI=1S/C17H25N3O5/c1-22-11-14-15(21)17(24-10-12-6-4-3-5-7-12)16(23-2)13(25-14)8-9-19-20-18/h3-7,13-17,21H,8-11H2,1-2H3/t13-,14+,15+,16-,17-/m0/s1. The van der Waals surface area contributed by atoms with Crippen LogP contribution in [-0.2, 0) is 25.6 Å². The summed E-state index contributed by atoms with van der Waals surface area (Å²) in [5.41, 5.74) is 9.47. The third-order valence-electron chi connectivity index (χ3n) is 4.22. The first kappa shape index (κ1) is 19.7. The van der Waals surface area contributed by atoms with E-state index in [0.717, 1.165) is 5.56 Å². The van der Waals surface area contributed by atoms with Gasteiger partial charge in [-0.25, -0.2) is 0 Å². The molecule has 1 fully saturated rings. The van der Waals surface area contributed by atoms with Gasteiger partial charge in [-0.05, 0) is 17.5 Å². The molecule has 0 aliphatic carbocycles. The number of hydrogen-bond donors (Lipinski definition) is 1. The maximum Gasteiger partial charge on any atom is 0.115 e. The van der Waals surface area contributed by atoms with E-state index in [0.29, 0.717) is 13.0 Å². The topological polar surface area (TPSA) is 106 Å². The van der Waals surface area contributed by atoms with Gasteiger partial charge in [0.25, 0.3) is 0 Å². The number of hydrogen-bond acceptors (Lipinski definition) is 6. The molecule has 1 aliphatic rings. The van der Waals surface area contributed by atoms with Crippen molar-refractivity contribution in [1.82, 2.24) is 0 Å². The molecular formula is C17H25N3O5. The Morgan fingerprint density at radius 1 is 1.20 bits per heavy atom. The predicted octanol–water partition coefficient (Wildman–Crippen LogP) is 2.06. The number of aliphatic hydroxyl groups excluding tert-OH is 1. The Balaban J connectivity index is 2.10. The fraction of sp³-hybridized carbons (Fsp3) is 0.647. The summed E-state index contributed by atoms with van der Waals surface area (Å²) in [6, 6.07) is 9.72. The number of ether oxygens (including phenoxy) is 4. The lowest BCUT2D eigenvalue weighted by atomic mass is 9.93. The van der Waals surface area contributed by atoms with Gasteiger partial charge in [0.15, 0.2) is 0 Å². The summed E-state index contributed by atoms with van der Waals surface area (Å²) in [5, 5.41) is 14.2. The molecule has 0 bridgehead atoms. The molecule has 0 unspecified atom stereocenters. The lowest BCUT2D eigenvalue weighted by molar-refractivity contribution is -0.251. The van der Waals surface area contributed by atoms with Crippen molar-refractivity contribution >= 4 is 0 Å². The van der Waals surface area contributed by atoms with E-state index >= 15 is 0 Å². The summed E-state index contributed by atoms with van der Waals surface area (Å²) < 4.78 is 22.6. The van der Waals surface area contributed by atoms with Crippen molar-refractivity contribution in [3.05, 3.63) is 46.3 Å². The molecule has 0 radical (unpaired) electrons. The highest BCUT2D eigenvalue weighted by Crippen LogP contribution is 2.28. The summed E-state index contributed by atoms with van der Waals surface area (Å²) >= 11 is 0. The minimum absolute atomic E-state index is 0.237. The maximum atomic E-state index is 10.6. The quantitative estimate of drug-likeness (QED) is 0.416. The van der Waals surface area contributed by atoms with E-state index in [4.69, 9.17) is 24.5 Å². The number of rotatable bonds is 9. The third kappa shape index (κ3) is 5.40. The van der Waals surface area contributed by atoms with Crippen molar-refractivity contribution in [3.63, 3.8) is 0 Å². The van der Waals surface area contributed by atoms with Crippen molar-refractivity contribution in [1.29, 1.82) is 0 Å². The molecule has 1 aromatic rings. The molecule has 0 amide bonds. The molecule has 8 nitrogen and oxygen atoms in total. The molecule has 138 valence electrons. The molecule has 0 aromatic heterocycles. The Morgan fingerprint density at radius 2 is 1.96 bits per heavy atom. The van der Waals surface area contributed by atoms with Crippen LogP contribution in [0.25, 0.3) is 10.4 Å². The second-order valence-corrected chi connectivity index (χ2v) is 5.86. The fourth-order valence-corrected chi connectivity index (χ4v) is 3.01. The SMILES string of the molecule is COC[C@H]1O[C@@H](CCN=[N+]=[N-])[C@H](OC)[C@@H](OCc2ccccc2)[C@@H]1O. The highest BCUT2D eigenvalue weighted by atomic mass is 16.6. The molecule has 1 aliphatic heterocycles. The Bertz CT molecular complexity index is 552. The Morgan fingerprint density at radius 3 is 2.60 bits per heavy atom. The first-order valence-electron chi connectivity index (χ1n) is 8.23. The maximum absolute atomic E-state index is 10.6. The number of azide groups is 1. The largest absolute Gasteiger partial charge is 0.387 e. The van der Waals surface area contributed by atoms with Gasteiger partial charge in [0, 0.05) is 25.7 Å². The van der Waals surface area contributed by atoms with Crippen molar-refractivity contribution in [2.75, 3.05) is 27.4 Å². The van der Waals surface area contributed by atoms with Gasteiger partial charge < -0.3 is 24.1 Å². The van der Waals surface area contributed by atoms with E-state index in [9.17, 15) is 5.11 Å². The van der Waals surface area contributed by atoms with Crippen LogP contribution in [0.1, 0.15) is 12.0 Å². The van der Waals surface area contributed by atoms with Crippen molar-refractivity contribution < 1.29 is 24.1 Å². The molecule has 8 heteroatoms. The zero-order valence-corrected chi connectivity index (χ0v) is 14.5. The van der Waals surface area contributed by atoms with E-state index < -0.39 is 24.4 Å². The van der Waals surface area contributed by atoms with Gasteiger partial charge in [0.05, 0.1) is 19.3 Å². The zero-order valence-electron chi connectivity index (χ0n) is 14.5. The molecule has 0 saturated carbocycles. The van der Waals surface area contributed by atoms with Crippen molar-refractivity contribution in [2.45, 2.75) is 43.5 Å². The van der Waals surface area contributed by atoms with Gasteiger partial charge >= 0.3 is 0 Å². The summed E-state index contributed by atoms with van der Waals surface area (Å²) in [6.07, 6.45) is -2.35. The summed E-state index contributed by atoms with van der Waals surface area (Å²) in [4.78, 5) is 2.76. The van der Waals surface area contributed by atoms with E-state index in [2.05, 4.69) is 10.0 Å². The molecule has 5 atom stereocenters. The molecule has 1 saturated heterocycles. The Hall–Kier alpha value is -1.67. The van der Waals surface area contributed by atoms with Gasteiger partial charge in [-0.3, -0.25) is 0 Å². The van der Waals surface area contributed by atoms with Crippen LogP contribution in [0.3, 0.4) is 0 Å². The summed E-state index contributed by atoms with van der Waals surface area (Å²) in [5.74, 6) is 0. The first-order valence-corrected chi connectivity index (χ1v) is 8.23. The van der Waals surface area contributed by atoms with Gasteiger partial charge in [0.2, 0.25) is 0 Å². The number of methoxy groups -OCH3 is 2. The summed E-state index contributed by atoms with van der Waals surface area (Å²) in [7, 11) is 3.10. The molecule has 1 N–H and O–H groups in total. The highest BCUT2D eigenvalue weighted by Gasteiger charge is 2.45. The Kier molecular flexibility index (Phi) is 8.14. The minimum Gasteiger partial charge on any atom is -0.387 e.